The van der Waals surface area contributed by atoms with Gasteiger partial charge in [0.2, 0.25) is 0 Å². The highest BCUT2D eigenvalue weighted by Gasteiger charge is 2.39. The second-order valence-electron chi connectivity index (χ2n) is 9.51. The van der Waals surface area contributed by atoms with Crippen LogP contribution in [0.25, 0.3) is 16.9 Å². The summed E-state index contributed by atoms with van der Waals surface area (Å²) in [4.78, 5) is 22.8. The van der Waals surface area contributed by atoms with Gasteiger partial charge in [0, 0.05) is 42.2 Å². The quantitative estimate of drug-likeness (QED) is 0.372. The molecule has 1 saturated heterocycles. The van der Waals surface area contributed by atoms with Crippen molar-refractivity contribution in [3.8, 4) is 17.0 Å². The first kappa shape index (κ1) is 27.1. The lowest BCUT2D eigenvalue weighted by Gasteiger charge is -2.38. The number of rotatable bonds is 6. The summed E-state index contributed by atoms with van der Waals surface area (Å²) < 4.78 is 48.5. The third kappa shape index (κ3) is 5.11. The predicted octanol–water partition coefficient (Wildman–Crippen LogP) is 4.59. The van der Waals surface area contributed by atoms with E-state index in [0.717, 1.165) is 16.6 Å². The number of thiophene rings is 1. The van der Waals surface area contributed by atoms with Gasteiger partial charge in [-0.3, -0.25) is 9.69 Å². The fourth-order valence-electron chi connectivity index (χ4n) is 5.01. The highest BCUT2D eigenvalue weighted by Crippen LogP contribution is 2.37. The number of fused-ring (bicyclic) bond motifs is 1. The van der Waals surface area contributed by atoms with E-state index >= 15 is 0 Å². The van der Waals surface area contributed by atoms with Gasteiger partial charge in [-0.2, -0.15) is 18.3 Å². The molecule has 0 unspecified atom stereocenters. The first-order valence-corrected chi connectivity index (χ1v) is 13.3. The summed E-state index contributed by atoms with van der Waals surface area (Å²) in [5, 5.41) is 16.0. The summed E-state index contributed by atoms with van der Waals surface area (Å²) in [6.45, 7) is 5.07. The summed E-state index contributed by atoms with van der Waals surface area (Å²) in [7, 11) is 1.50. The smallest absolute Gasteiger partial charge is 0.433 e. The number of methoxy groups -OCH3 is 1. The summed E-state index contributed by atoms with van der Waals surface area (Å²) in [6, 6.07) is 8.45. The van der Waals surface area contributed by atoms with Crippen molar-refractivity contribution < 1.29 is 27.8 Å². The van der Waals surface area contributed by atoms with Crippen LogP contribution in [0.15, 0.2) is 41.9 Å². The Morgan fingerprint density at radius 2 is 1.85 bits per heavy atom. The number of hydrogen-bond donors (Lipinski definition) is 1. The van der Waals surface area contributed by atoms with Gasteiger partial charge < -0.3 is 14.7 Å². The first-order chi connectivity index (χ1) is 18.6. The van der Waals surface area contributed by atoms with Crippen molar-refractivity contribution in [2.75, 3.05) is 39.9 Å². The molecule has 0 saturated carbocycles. The fraction of sp³-hybridized carbons (Fsp3) is 0.370. The average Bonchev–Trinajstić information content (AvgIpc) is 3.54. The van der Waals surface area contributed by atoms with Crippen LogP contribution in [0.1, 0.15) is 38.1 Å². The Kier molecular flexibility index (Phi) is 7.36. The second-order valence-corrected chi connectivity index (χ2v) is 10.4. The van der Waals surface area contributed by atoms with Crippen LogP contribution in [0.4, 0.5) is 13.2 Å². The van der Waals surface area contributed by atoms with E-state index in [1.165, 1.54) is 14.0 Å². The van der Waals surface area contributed by atoms with Crippen LogP contribution in [0, 0.1) is 13.8 Å². The molecule has 0 aliphatic carbocycles. The van der Waals surface area contributed by atoms with Gasteiger partial charge in [-0.15, -0.1) is 11.3 Å². The Morgan fingerprint density at radius 1 is 1.15 bits per heavy atom. The van der Waals surface area contributed by atoms with E-state index in [2.05, 4.69) is 15.0 Å². The van der Waals surface area contributed by atoms with Gasteiger partial charge in [0.25, 0.3) is 5.91 Å². The molecule has 1 N–H and O–H groups in total. The second kappa shape index (κ2) is 10.6. The molecule has 0 bridgehead atoms. The molecule has 1 amide bonds. The topological polar surface area (TPSA) is 83.2 Å². The first-order valence-electron chi connectivity index (χ1n) is 12.4. The van der Waals surface area contributed by atoms with Crippen LogP contribution < -0.4 is 4.74 Å². The van der Waals surface area contributed by atoms with Crippen molar-refractivity contribution in [3.05, 3.63) is 69.2 Å². The molecule has 4 heterocycles. The molecule has 8 nitrogen and oxygen atoms in total. The van der Waals surface area contributed by atoms with E-state index in [9.17, 15) is 23.1 Å². The van der Waals surface area contributed by atoms with Crippen LogP contribution in [-0.2, 0) is 6.18 Å². The zero-order valence-corrected chi connectivity index (χ0v) is 22.5. The number of aryl methyl sites for hydroxylation is 1. The monoisotopic (exact) mass is 559 g/mol. The maximum Gasteiger partial charge on any atom is 0.433 e. The Labute approximate surface area is 227 Å². The molecular formula is C27H28F3N5O3S. The number of aliphatic hydroxyl groups excluding tert-OH is 1. The van der Waals surface area contributed by atoms with Crippen molar-refractivity contribution in [2.24, 2.45) is 0 Å². The molecule has 1 aromatic carbocycles. The lowest BCUT2D eigenvalue weighted by Crippen LogP contribution is -2.50. The number of ether oxygens (including phenoxy) is 1. The molecule has 4 aromatic rings. The number of aliphatic hydroxyl groups is 1. The molecule has 206 valence electrons. The van der Waals surface area contributed by atoms with Crippen molar-refractivity contribution in [1.82, 2.24) is 24.4 Å². The third-order valence-electron chi connectivity index (χ3n) is 7.04. The van der Waals surface area contributed by atoms with Crippen molar-refractivity contribution >= 4 is 22.9 Å². The normalized spacial score (nSPS) is 15.6. The minimum atomic E-state index is -4.72. The summed E-state index contributed by atoms with van der Waals surface area (Å²) in [5.74, 6) is 0.132. The van der Waals surface area contributed by atoms with E-state index in [0.29, 0.717) is 42.0 Å². The van der Waals surface area contributed by atoms with Gasteiger partial charge in [-0.05, 0) is 55.1 Å². The van der Waals surface area contributed by atoms with E-state index < -0.39 is 17.8 Å². The average molecular weight is 560 g/mol. The van der Waals surface area contributed by atoms with E-state index in [-0.39, 0.29) is 35.1 Å². The number of alkyl halides is 3. The standard InChI is InChI=1S/C27H28F3N5O3S/c1-16-12-22(39-15-16)21(14-36)33-8-10-34(11-9-33)26(37)20-13-31-35-24(27(28,29)30)17(2)23(32-25(20)35)18-4-6-19(38-3)7-5-18/h4-7,12-13,15,21,36H,8-11,14H2,1-3H3/t21-/m0/s1. The van der Waals surface area contributed by atoms with Crippen LogP contribution in [0.5, 0.6) is 5.75 Å². The minimum absolute atomic E-state index is 0.0105. The number of amides is 1. The highest BCUT2D eigenvalue weighted by atomic mass is 32.1. The van der Waals surface area contributed by atoms with Gasteiger partial charge in [0.15, 0.2) is 11.3 Å². The molecule has 39 heavy (non-hydrogen) atoms. The van der Waals surface area contributed by atoms with Gasteiger partial charge in [0.1, 0.15) is 11.3 Å². The highest BCUT2D eigenvalue weighted by molar-refractivity contribution is 7.10. The van der Waals surface area contributed by atoms with Gasteiger partial charge >= 0.3 is 6.18 Å². The van der Waals surface area contributed by atoms with Gasteiger partial charge in [-0.25, -0.2) is 9.50 Å². The zero-order chi connectivity index (χ0) is 27.9. The summed E-state index contributed by atoms with van der Waals surface area (Å²) >= 11 is 1.59. The SMILES string of the molecule is COc1ccc(-c2nc3c(C(=O)N4CCN([C@@H](CO)c5cc(C)cs5)CC4)cnn3c(C(F)(F)F)c2C)cc1. The zero-order valence-electron chi connectivity index (χ0n) is 21.7. The number of carbonyl (C=O) groups is 1. The maximum atomic E-state index is 14.2. The maximum absolute atomic E-state index is 14.2. The molecular weight excluding hydrogens is 531 g/mol. The summed E-state index contributed by atoms with van der Waals surface area (Å²) in [5.41, 5.74) is 0.520. The number of hydrogen-bond acceptors (Lipinski definition) is 7. The molecule has 0 radical (unpaired) electrons. The van der Waals surface area contributed by atoms with Gasteiger partial charge in [-0.1, -0.05) is 0 Å². The largest absolute Gasteiger partial charge is 0.497 e. The number of carbonyl (C=O) groups excluding carboxylic acids is 1. The summed E-state index contributed by atoms with van der Waals surface area (Å²) in [6.07, 6.45) is -3.56. The van der Waals surface area contributed by atoms with E-state index in [1.54, 1.807) is 40.5 Å². The molecule has 3 aromatic heterocycles. The minimum Gasteiger partial charge on any atom is -0.497 e. The molecule has 12 heteroatoms. The van der Waals surface area contributed by atoms with E-state index in [4.69, 9.17) is 4.74 Å². The lowest BCUT2D eigenvalue weighted by atomic mass is 10.0. The molecule has 0 spiro atoms. The van der Waals surface area contributed by atoms with Gasteiger partial charge in [0.05, 0.1) is 31.6 Å². The number of piperazine rings is 1. The third-order valence-corrected chi connectivity index (χ3v) is 8.19. The number of halogens is 3. The fourth-order valence-corrected chi connectivity index (χ4v) is 6.03. The van der Waals surface area contributed by atoms with E-state index in [1.807, 2.05) is 18.4 Å². The Morgan fingerprint density at radius 3 is 2.41 bits per heavy atom. The number of aromatic nitrogens is 3. The van der Waals surface area contributed by atoms with Crippen molar-refractivity contribution in [1.29, 1.82) is 0 Å². The Hall–Kier alpha value is -3.48. The van der Waals surface area contributed by atoms with Crippen molar-refractivity contribution in [3.63, 3.8) is 0 Å². The number of nitrogens with zero attached hydrogens (tertiary/aromatic N) is 5. The van der Waals surface area contributed by atoms with Crippen LogP contribution in [-0.4, -0.2) is 75.3 Å². The van der Waals surface area contributed by atoms with Crippen LogP contribution in [0.3, 0.4) is 0 Å². The predicted molar refractivity (Wildman–Crippen MR) is 141 cm³/mol. The Bertz CT molecular complexity index is 1490. The molecule has 1 aliphatic rings. The molecule has 1 fully saturated rings. The van der Waals surface area contributed by atoms with Crippen LogP contribution in [0.2, 0.25) is 0 Å². The van der Waals surface area contributed by atoms with Crippen molar-refractivity contribution in [2.45, 2.75) is 26.1 Å². The Balaban J connectivity index is 1.46. The molecule has 5 rings (SSSR count). The molecule has 1 atom stereocenters. The number of benzene rings is 1. The lowest BCUT2D eigenvalue weighted by molar-refractivity contribution is -0.143. The van der Waals surface area contributed by atoms with Crippen LogP contribution >= 0.6 is 11.3 Å². The molecule has 1 aliphatic heterocycles.